The predicted molar refractivity (Wildman–Crippen MR) is 47.9 cm³/mol. The summed E-state index contributed by atoms with van der Waals surface area (Å²) >= 11 is 0. The zero-order chi connectivity index (χ0) is 11.8. The second kappa shape index (κ2) is 4.08. The molecule has 1 unspecified atom stereocenters. The lowest BCUT2D eigenvalue weighted by atomic mass is 10.2. The number of aromatic amines is 1. The van der Waals surface area contributed by atoms with E-state index in [1.54, 1.807) is 4.57 Å². The van der Waals surface area contributed by atoms with Crippen LogP contribution < -0.4 is 4.57 Å². The lowest BCUT2D eigenvalue weighted by molar-refractivity contribution is -0.699. The number of hydrogen-bond acceptors (Lipinski definition) is 1. The standard InChI is InChI=1S/C10H11F3N2O/c1-16-9(10(11,12)13)8-5-15(6-14-8)4-7-2-3-7/h1,5-7,9H,2-4H2/p+1. The summed E-state index contributed by atoms with van der Waals surface area (Å²) in [6.45, 7) is 0.742. The fraction of sp³-hybridized carbons (Fsp3) is 0.600. The van der Waals surface area contributed by atoms with Crippen LogP contribution in [0.2, 0.25) is 0 Å². The lowest BCUT2D eigenvalue weighted by Crippen LogP contribution is -2.32. The molecule has 0 aromatic carbocycles. The Balaban J connectivity index is 2.09. The average molecular weight is 233 g/mol. The quantitative estimate of drug-likeness (QED) is 0.792. The van der Waals surface area contributed by atoms with Gasteiger partial charge in [0.2, 0.25) is 12.4 Å². The summed E-state index contributed by atoms with van der Waals surface area (Å²) in [5, 5.41) is 0. The monoisotopic (exact) mass is 233 g/mol. The number of H-pyrrole nitrogens is 1. The maximum atomic E-state index is 12.5. The van der Waals surface area contributed by atoms with Gasteiger partial charge in [0.1, 0.15) is 13.3 Å². The third-order valence-electron chi connectivity index (χ3n) is 2.58. The zero-order valence-electron chi connectivity index (χ0n) is 8.50. The summed E-state index contributed by atoms with van der Waals surface area (Å²) in [6.07, 6.45) is -1.41. The molecule has 1 heterocycles. The van der Waals surface area contributed by atoms with Crippen molar-refractivity contribution in [1.82, 2.24) is 4.98 Å². The third kappa shape index (κ3) is 2.55. The Bertz CT molecular complexity index is 357. The Morgan fingerprint density at radius 3 is 2.75 bits per heavy atom. The van der Waals surface area contributed by atoms with Crippen LogP contribution in [0.25, 0.3) is 0 Å². The number of halogens is 3. The van der Waals surface area contributed by atoms with Crippen molar-refractivity contribution in [3.63, 3.8) is 0 Å². The van der Waals surface area contributed by atoms with Gasteiger partial charge in [-0.2, -0.15) is 13.2 Å². The molecule has 0 bridgehead atoms. The van der Waals surface area contributed by atoms with Crippen molar-refractivity contribution in [2.45, 2.75) is 31.7 Å². The van der Waals surface area contributed by atoms with Crippen molar-refractivity contribution in [2.24, 2.45) is 5.92 Å². The van der Waals surface area contributed by atoms with Crippen molar-refractivity contribution >= 4 is 0 Å². The van der Waals surface area contributed by atoms with E-state index in [0.717, 1.165) is 19.4 Å². The molecule has 0 spiro atoms. The summed E-state index contributed by atoms with van der Waals surface area (Å²) in [5.74, 6) is 0.594. The largest absolute Gasteiger partial charge is 0.422 e. The highest BCUT2D eigenvalue weighted by Crippen LogP contribution is 2.34. The van der Waals surface area contributed by atoms with E-state index in [4.69, 9.17) is 0 Å². The van der Waals surface area contributed by atoms with Crippen molar-refractivity contribution in [1.29, 1.82) is 0 Å². The molecule has 0 amide bonds. The van der Waals surface area contributed by atoms with E-state index in [9.17, 15) is 13.2 Å². The molecule has 1 atom stereocenters. The second-order valence-electron chi connectivity index (χ2n) is 4.06. The van der Waals surface area contributed by atoms with Crippen LogP contribution >= 0.6 is 0 Å². The molecular formula is C10H12F3N2O+. The minimum absolute atomic E-state index is 0.0735. The topological polar surface area (TPSA) is 28.9 Å². The Morgan fingerprint density at radius 1 is 1.56 bits per heavy atom. The third-order valence-corrected chi connectivity index (χ3v) is 2.58. The van der Waals surface area contributed by atoms with Crippen LogP contribution in [0, 0.1) is 13.0 Å². The molecule has 0 aliphatic heterocycles. The van der Waals surface area contributed by atoms with Crippen molar-refractivity contribution < 1.29 is 22.5 Å². The van der Waals surface area contributed by atoms with Gasteiger partial charge in [0, 0.05) is 0 Å². The van der Waals surface area contributed by atoms with Crippen molar-refractivity contribution in [3.8, 4) is 0 Å². The fourth-order valence-electron chi connectivity index (χ4n) is 1.58. The highest BCUT2D eigenvalue weighted by Gasteiger charge is 2.44. The van der Waals surface area contributed by atoms with Gasteiger partial charge in [-0.25, -0.2) is 9.55 Å². The molecule has 6 heteroatoms. The van der Waals surface area contributed by atoms with Crippen LogP contribution in [-0.2, 0) is 11.3 Å². The number of aromatic nitrogens is 2. The van der Waals surface area contributed by atoms with Gasteiger partial charge >= 0.3 is 6.18 Å². The molecule has 3 nitrogen and oxygen atoms in total. The van der Waals surface area contributed by atoms with Crippen LogP contribution in [0.5, 0.6) is 0 Å². The molecular weight excluding hydrogens is 221 g/mol. The van der Waals surface area contributed by atoms with Gasteiger partial charge in [-0.3, -0.25) is 0 Å². The number of hydrogen-bond donors (Lipinski definition) is 1. The first-order valence-corrected chi connectivity index (χ1v) is 5.00. The van der Waals surface area contributed by atoms with E-state index in [2.05, 4.69) is 16.8 Å². The Labute approximate surface area is 91.2 Å². The molecule has 16 heavy (non-hydrogen) atoms. The van der Waals surface area contributed by atoms with E-state index in [0.29, 0.717) is 5.92 Å². The maximum absolute atomic E-state index is 12.5. The van der Waals surface area contributed by atoms with Gasteiger partial charge in [0.25, 0.3) is 0 Å². The fourth-order valence-corrected chi connectivity index (χ4v) is 1.58. The second-order valence-corrected chi connectivity index (χ2v) is 4.06. The number of rotatable bonds is 4. The summed E-state index contributed by atoms with van der Waals surface area (Å²) in [5.41, 5.74) is -0.0735. The molecule has 1 fully saturated rings. The molecule has 2 rings (SSSR count). The van der Waals surface area contributed by atoms with E-state index in [1.807, 2.05) is 0 Å². The van der Waals surface area contributed by atoms with Gasteiger partial charge in [-0.1, -0.05) is 0 Å². The van der Waals surface area contributed by atoms with Crippen molar-refractivity contribution in [2.75, 3.05) is 0 Å². The molecule has 1 aromatic rings. The summed E-state index contributed by atoms with van der Waals surface area (Å²) in [4.78, 5) is 2.53. The average Bonchev–Trinajstić information content (AvgIpc) is 2.85. The SMILES string of the molecule is [CH]OC(c1c[n+](CC2CC2)c[nH]1)C(F)(F)F. The number of nitrogens with zero attached hydrogens (tertiary/aromatic N) is 1. The molecule has 2 radical (unpaired) electrons. The van der Waals surface area contributed by atoms with E-state index in [1.165, 1.54) is 12.5 Å². The number of ether oxygens (including phenoxy) is 1. The van der Waals surface area contributed by atoms with Crippen molar-refractivity contribution in [3.05, 3.63) is 25.3 Å². The van der Waals surface area contributed by atoms with E-state index in [-0.39, 0.29) is 5.69 Å². The van der Waals surface area contributed by atoms with Crippen LogP contribution in [0.15, 0.2) is 12.5 Å². The van der Waals surface area contributed by atoms with Gasteiger partial charge in [0.05, 0.1) is 6.54 Å². The molecule has 0 saturated heterocycles. The van der Waals surface area contributed by atoms with Crippen LogP contribution in [0.1, 0.15) is 24.6 Å². The van der Waals surface area contributed by atoms with E-state index < -0.39 is 12.3 Å². The molecule has 1 saturated carbocycles. The van der Waals surface area contributed by atoms with Crippen LogP contribution in [0.4, 0.5) is 13.2 Å². The molecule has 1 aliphatic rings. The minimum atomic E-state index is -4.50. The number of alkyl halides is 3. The van der Waals surface area contributed by atoms with Gasteiger partial charge in [0.15, 0.2) is 5.69 Å². The molecule has 1 aliphatic carbocycles. The van der Waals surface area contributed by atoms with E-state index >= 15 is 0 Å². The molecule has 88 valence electrons. The Morgan fingerprint density at radius 2 is 2.25 bits per heavy atom. The normalized spacial score (nSPS) is 18.8. The highest BCUT2D eigenvalue weighted by atomic mass is 19.4. The number of nitrogens with one attached hydrogen (secondary N) is 1. The van der Waals surface area contributed by atoms with Gasteiger partial charge in [-0.15, -0.1) is 0 Å². The lowest BCUT2D eigenvalue weighted by Gasteiger charge is -2.13. The smallest absolute Gasteiger partial charge is 0.352 e. The summed E-state index contributed by atoms with van der Waals surface area (Å²) < 4.78 is 43.0. The Hall–Kier alpha value is -1.04. The summed E-state index contributed by atoms with van der Waals surface area (Å²) in [7, 11) is 4.66. The molecule has 1 aromatic heterocycles. The van der Waals surface area contributed by atoms with Crippen LogP contribution in [-0.4, -0.2) is 11.2 Å². The zero-order valence-corrected chi connectivity index (χ0v) is 8.50. The first-order chi connectivity index (χ1) is 7.50. The van der Waals surface area contributed by atoms with Crippen LogP contribution in [0.3, 0.4) is 0 Å². The maximum Gasteiger partial charge on any atom is 0.422 e. The highest BCUT2D eigenvalue weighted by molar-refractivity contribution is 4.99. The molecule has 1 N–H and O–H groups in total. The first kappa shape index (κ1) is 11.4. The van der Waals surface area contributed by atoms with Gasteiger partial charge in [-0.05, 0) is 18.8 Å². The Kier molecular flexibility index (Phi) is 2.92. The number of imidazole rings is 1. The van der Waals surface area contributed by atoms with Gasteiger partial charge < -0.3 is 4.74 Å². The summed E-state index contributed by atoms with van der Waals surface area (Å²) in [6, 6.07) is 0. The first-order valence-electron chi connectivity index (χ1n) is 5.00. The predicted octanol–water partition coefficient (Wildman–Crippen LogP) is 2.00. The minimum Gasteiger partial charge on any atom is -0.352 e.